The Balaban J connectivity index is 0.00000261. The Kier molecular flexibility index (Phi) is 8.05. The summed E-state index contributed by atoms with van der Waals surface area (Å²) in [5.41, 5.74) is 0.985. The normalized spacial score (nSPS) is 23.7. The Morgan fingerprint density at radius 1 is 1.11 bits per heavy atom. The monoisotopic (exact) mass is 398 g/mol. The van der Waals surface area contributed by atoms with Crippen molar-refractivity contribution in [2.45, 2.75) is 50.6 Å². The van der Waals surface area contributed by atoms with Gasteiger partial charge in [0.25, 0.3) is 0 Å². The first-order valence-corrected chi connectivity index (χ1v) is 9.49. The molecule has 0 spiro atoms. The van der Waals surface area contributed by atoms with E-state index in [1.54, 1.807) is 21.3 Å². The number of nitrogens with one attached hydrogen (secondary N) is 2. The number of fused-ring (bicyclic) bond motifs is 1. The maximum atomic E-state index is 12.5. The molecule has 3 rings (SSSR count). The number of halogens is 1. The third-order valence-corrected chi connectivity index (χ3v) is 5.66. The van der Waals surface area contributed by atoms with Crippen LogP contribution in [0.2, 0.25) is 0 Å². The average molecular weight is 399 g/mol. The molecule has 7 heteroatoms. The van der Waals surface area contributed by atoms with E-state index < -0.39 is 0 Å². The second kappa shape index (κ2) is 10.0. The van der Waals surface area contributed by atoms with Crippen molar-refractivity contribution in [1.29, 1.82) is 0 Å². The summed E-state index contributed by atoms with van der Waals surface area (Å²) in [5, 5.41) is 6.60. The Bertz CT molecular complexity index is 627. The molecule has 0 bridgehead atoms. The summed E-state index contributed by atoms with van der Waals surface area (Å²) in [7, 11) is 4.81. The molecular formula is C20H31ClN2O4. The molecular weight excluding hydrogens is 368 g/mol. The molecule has 1 heterocycles. The van der Waals surface area contributed by atoms with Crippen LogP contribution < -0.4 is 24.8 Å². The highest BCUT2D eigenvalue weighted by Gasteiger charge is 2.37. The first-order chi connectivity index (χ1) is 12.7. The third kappa shape index (κ3) is 4.79. The number of ether oxygens (including phenoxy) is 3. The van der Waals surface area contributed by atoms with Crippen LogP contribution >= 0.6 is 12.4 Å². The van der Waals surface area contributed by atoms with E-state index in [0.717, 1.165) is 12.0 Å². The van der Waals surface area contributed by atoms with Gasteiger partial charge >= 0.3 is 0 Å². The molecule has 152 valence electrons. The van der Waals surface area contributed by atoms with Crippen LogP contribution in [0.15, 0.2) is 12.1 Å². The molecule has 2 aliphatic rings. The number of hydrogen-bond acceptors (Lipinski definition) is 5. The zero-order chi connectivity index (χ0) is 18.5. The zero-order valence-corrected chi connectivity index (χ0v) is 17.2. The van der Waals surface area contributed by atoms with Gasteiger partial charge in [0.2, 0.25) is 11.7 Å². The molecule has 1 amide bonds. The third-order valence-electron chi connectivity index (χ3n) is 5.66. The SMILES string of the molecule is COc1ccc(CCNC(=O)C2CC3CCCCC3N2)c(OC)c1OC.Cl. The number of carbonyl (C=O) groups is 1. The van der Waals surface area contributed by atoms with E-state index in [4.69, 9.17) is 14.2 Å². The van der Waals surface area contributed by atoms with Crippen molar-refractivity contribution in [1.82, 2.24) is 10.6 Å². The van der Waals surface area contributed by atoms with Gasteiger partial charge in [-0.3, -0.25) is 4.79 Å². The second-order valence-corrected chi connectivity index (χ2v) is 7.14. The second-order valence-electron chi connectivity index (χ2n) is 7.14. The topological polar surface area (TPSA) is 68.8 Å². The summed E-state index contributed by atoms with van der Waals surface area (Å²) in [6, 6.07) is 4.30. The van der Waals surface area contributed by atoms with E-state index in [1.165, 1.54) is 25.7 Å². The van der Waals surface area contributed by atoms with Crippen molar-refractivity contribution in [3.8, 4) is 17.2 Å². The first-order valence-electron chi connectivity index (χ1n) is 9.49. The molecule has 0 aromatic heterocycles. The largest absolute Gasteiger partial charge is 0.493 e. The van der Waals surface area contributed by atoms with Crippen LogP contribution in [0.3, 0.4) is 0 Å². The first kappa shape index (κ1) is 21.6. The Labute approximate surface area is 167 Å². The van der Waals surface area contributed by atoms with E-state index in [-0.39, 0.29) is 24.4 Å². The summed E-state index contributed by atoms with van der Waals surface area (Å²) in [5.74, 6) is 2.66. The van der Waals surface area contributed by atoms with Crippen molar-refractivity contribution in [3.05, 3.63) is 17.7 Å². The average Bonchev–Trinajstić information content (AvgIpc) is 3.11. The highest BCUT2D eigenvalue weighted by atomic mass is 35.5. The number of methoxy groups -OCH3 is 3. The van der Waals surface area contributed by atoms with Gasteiger partial charge < -0.3 is 24.8 Å². The standard InChI is InChI=1S/C20H30N2O4.ClH/c1-24-17-9-8-13(18(25-2)19(17)26-3)10-11-21-20(23)16-12-14-6-4-5-7-15(14)22-16;/h8-9,14-16,22H,4-7,10-12H2,1-3H3,(H,21,23);1H. The summed E-state index contributed by atoms with van der Waals surface area (Å²) in [6.07, 6.45) is 6.69. The maximum Gasteiger partial charge on any atom is 0.237 e. The Hall–Kier alpha value is -1.66. The van der Waals surface area contributed by atoms with Gasteiger partial charge in [0.1, 0.15) is 0 Å². The fourth-order valence-electron chi connectivity index (χ4n) is 4.32. The highest BCUT2D eigenvalue weighted by Crippen LogP contribution is 2.39. The number of rotatable bonds is 7. The molecule has 2 fully saturated rings. The fraction of sp³-hybridized carbons (Fsp3) is 0.650. The molecule has 1 saturated carbocycles. The smallest absolute Gasteiger partial charge is 0.237 e. The summed E-state index contributed by atoms with van der Waals surface area (Å²) >= 11 is 0. The molecule has 3 unspecified atom stereocenters. The fourth-order valence-corrected chi connectivity index (χ4v) is 4.32. The van der Waals surface area contributed by atoms with Crippen molar-refractivity contribution in [2.75, 3.05) is 27.9 Å². The molecule has 27 heavy (non-hydrogen) atoms. The van der Waals surface area contributed by atoms with Gasteiger partial charge in [0, 0.05) is 18.2 Å². The molecule has 0 radical (unpaired) electrons. The number of hydrogen-bond donors (Lipinski definition) is 2. The van der Waals surface area contributed by atoms with Crippen LogP contribution in [-0.4, -0.2) is 45.9 Å². The van der Waals surface area contributed by atoms with Crippen LogP contribution in [0.5, 0.6) is 17.2 Å². The van der Waals surface area contributed by atoms with Gasteiger partial charge in [-0.15, -0.1) is 12.4 Å². The van der Waals surface area contributed by atoms with E-state index in [0.29, 0.717) is 42.2 Å². The van der Waals surface area contributed by atoms with Crippen molar-refractivity contribution in [3.63, 3.8) is 0 Å². The van der Waals surface area contributed by atoms with Crippen LogP contribution in [-0.2, 0) is 11.2 Å². The van der Waals surface area contributed by atoms with Gasteiger partial charge in [0.15, 0.2) is 11.5 Å². The van der Waals surface area contributed by atoms with Gasteiger partial charge in [-0.1, -0.05) is 18.9 Å². The van der Waals surface area contributed by atoms with Crippen LogP contribution in [0, 0.1) is 5.92 Å². The minimum absolute atomic E-state index is 0. The number of amides is 1. The maximum absolute atomic E-state index is 12.5. The van der Waals surface area contributed by atoms with Crippen LogP contribution in [0.25, 0.3) is 0 Å². The van der Waals surface area contributed by atoms with E-state index in [1.807, 2.05) is 12.1 Å². The molecule has 1 aliphatic carbocycles. The van der Waals surface area contributed by atoms with Crippen molar-refractivity contribution >= 4 is 18.3 Å². The Morgan fingerprint density at radius 3 is 2.52 bits per heavy atom. The summed E-state index contributed by atoms with van der Waals surface area (Å²) in [6.45, 7) is 0.568. The number of carbonyl (C=O) groups excluding carboxylic acids is 1. The zero-order valence-electron chi connectivity index (χ0n) is 16.4. The van der Waals surface area contributed by atoms with Gasteiger partial charge in [-0.2, -0.15) is 0 Å². The van der Waals surface area contributed by atoms with E-state index in [2.05, 4.69) is 10.6 Å². The minimum Gasteiger partial charge on any atom is -0.493 e. The highest BCUT2D eigenvalue weighted by molar-refractivity contribution is 5.85. The van der Waals surface area contributed by atoms with Crippen LogP contribution in [0.4, 0.5) is 0 Å². The lowest BCUT2D eigenvalue weighted by molar-refractivity contribution is -0.122. The predicted octanol–water partition coefficient (Wildman–Crippen LogP) is 2.71. The molecule has 6 nitrogen and oxygen atoms in total. The van der Waals surface area contributed by atoms with Gasteiger partial charge in [0.05, 0.1) is 27.4 Å². The van der Waals surface area contributed by atoms with Crippen LogP contribution in [0.1, 0.15) is 37.7 Å². The molecule has 2 N–H and O–H groups in total. The molecule has 1 aromatic rings. The molecule has 1 aliphatic heterocycles. The Morgan fingerprint density at radius 2 is 1.85 bits per heavy atom. The lowest BCUT2D eigenvalue weighted by Gasteiger charge is -2.24. The quantitative estimate of drug-likeness (QED) is 0.739. The number of benzene rings is 1. The molecule has 3 atom stereocenters. The molecule has 1 aromatic carbocycles. The minimum atomic E-state index is -0.0459. The van der Waals surface area contributed by atoms with E-state index in [9.17, 15) is 4.79 Å². The predicted molar refractivity (Wildman–Crippen MR) is 107 cm³/mol. The van der Waals surface area contributed by atoms with Gasteiger partial charge in [-0.05, 0) is 37.7 Å². The van der Waals surface area contributed by atoms with Crippen molar-refractivity contribution in [2.24, 2.45) is 5.92 Å². The summed E-state index contributed by atoms with van der Waals surface area (Å²) < 4.78 is 16.2. The lowest BCUT2D eigenvalue weighted by Crippen LogP contribution is -2.43. The lowest BCUT2D eigenvalue weighted by atomic mass is 9.85. The van der Waals surface area contributed by atoms with E-state index >= 15 is 0 Å². The van der Waals surface area contributed by atoms with Gasteiger partial charge in [-0.25, -0.2) is 0 Å². The summed E-state index contributed by atoms with van der Waals surface area (Å²) in [4.78, 5) is 12.5. The molecule has 1 saturated heterocycles. The van der Waals surface area contributed by atoms with Crippen molar-refractivity contribution < 1.29 is 19.0 Å².